The second-order valence-electron chi connectivity index (χ2n) is 4.69. The zero-order chi connectivity index (χ0) is 16.6. The molecule has 0 fully saturated rings. The molecule has 2 aromatic heterocycles. The summed E-state index contributed by atoms with van der Waals surface area (Å²) >= 11 is 1.47. The van der Waals surface area contributed by atoms with E-state index in [1.165, 1.54) is 17.4 Å². The van der Waals surface area contributed by atoms with Crippen LogP contribution in [-0.4, -0.2) is 9.55 Å². The topological polar surface area (TPSA) is 54.9 Å². The Morgan fingerprint density at radius 2 is 1.83 bits per heavy atom. The van der Waals surface area contributed by atoms with Crippen LogP contribution in [0.15, 0.2) is 57.4 Å². The molecule has 0 bridgehead atoms. The lowest BCUT2D eigenvalue weighted by Crippen LogP contribution is -2.35. The molecule has 0 amide bonds. The van der Waals surface area contributed by atoms with E-state index in [1.807, 2.05) is 17.5 Å². The number of halogens is 3. The van der Waals surface area contributed by atoms with E-state index in [0.717, 1.165) is 10.4 Å². The normalized spacial score (nSPS) is 11.6. The summed E-state index contributed by atoms with van der Waals surface area (Å²) < 4.78 is 38.5. The number of hydrogen-bond acceptors (Lipinski definition) is 3. The van der Waals surface area contributed by atoms with Crippen molar-refractivity contribution in [1.82, 2.24) is 9.55 Å². The predicted molar refractivity (Wildman–Crippen MR) is 81.0 cm³/mol. The van der Waals surface area contributed by atoms with Crippen molar-refractivity contribution in [1.29, 1.82) is 0 Å². The molecule has 0 aliphatic rings. The van der Waals surface area contributed by atoms with Gasteiger partial charge in [-0.15, -0.1) is 11.3 Å². The van der Waals surface area contributed by atoms with Crippen molar-refractivity contribution in [3.05, 3.63) is 74.4 Å². The van der Waals surface area contributed by atoms with Crippen LogP contribution in [0.3, 0.4) is 0 Å². The van der Waals surface area contributed by atoms with E-state index in [9.17, 15) is 22.8 Å². The fourth-order valence-electron chi connectivity index (χ4n) is 2.13. The van der Waals surface area contributed by atoms with E-state index in [1.54, 1.807) is 23.2 Å². The quantitative estimate of drug-likeness (QED) is 0.780. The van der Waals surface area contributed by atoms with Gasteiger partial charge in [0.25, 0.3) is 5.56 Å². The zero-order valence-electron chi connectivity index (χ0n) is 11.4. The van der Waals surface area contributed by atoms with Crippen LogP contribution in [0.25, 0.3) is 16.1 Å². The van der Waals surface area contributed by atoms with Gasteiger partial charge in [-0.25, -0.2) is 9.36 Å². The number of H-pyrrole nitrogens is 1. The standard InChI is InChI=1S/C15H9F3N2O2S/c16-15(17,18)12-8-13(21)20(14(22)19-12)10-4-1-3-9(7-10)11-5-2-6-23-11/h1-8H,(H,19,22). The summed E-state index contributed by atoms with van der Waals surface area (Å²) in [6.07, 6.45) is -4.78. The summed E-state index contributed by atoms with van der Waals surface area (Å²) in [5.74, 6) is 0. The average molecular weight is 338 g/mol. The lowest BCUT2D eigenvalue weighted by Gasteiger charge is -2.09. The van der Waals surface area contributed by atoms with E-state index in [-0.39, 0.29) is 5.69 Å². The first-order chi connectivity index (χ1) is 10.9. The van der Waals surface area contributed by atoms with Crippen molar-refractivity contribution in [3.8, 4) is 16.1 Å². The predicted octanol–water partition coefficient (Wildman–Crippen LogP) is 3.27. The number of rotatable bonds is 2. The molecule has 0 atom stereocenters. The number of hydrogen-bond donors (Lipinski definition) is 1. The number of nitrogens with one attached hydrogen (secondary N) is 1. The summed E-state index contributed by atoms with van der Waals surface area (Å²) in [6.45, 7) is 0. The zero-order valence-corrected chi connectivity index (χ0v) is 12.2. The van der Waals surface area contributed by atoms with Crippen LogP contribution in [0, 0.1) is 0 Å². The lowest BCUT2D eigenvalue weighted by atomic mass is 10.1. The molecule has 0 saturated heterocycles. The first kappa shape index (κ1) is 15.3. The number of aromatic nitrogens is 2. The van der Waals surface area contributed by atoms with Gasteiger partial charge in [-0.2, -0.15) is 13.2 Å². The minimum absolute atomic E-state index is 0.205. The van der Waals surface area contributed by atoms with Gasteiger partial charge in [-0.3, -0.25) is 4.79 Å². The van der Waals surface area contributed by atoms with Crippen LogP contribution >= 0.6 is 11.3 Å². The Morgan fingerprint density at radius 1 is 1.04 bits per heavy atom. The minimum Gasteiger partial charge on any atom is -0.303 e. The van der Waals surface area contributed by atoms with E-state index >= 15 is 0 Å². The van der Waals surface area contributed by atoms with Gasteiger partial charge in [0.15, 0.2) is 0 Å². The molecule has 1 aromatic carbocycles. The third-order valence-electron chi connectivity index (χ3n) is 3.15. The highest BCUT2D eigenvalue weighted by Gasteiger charge is 2.33. The minimum atomic E-state index is -4.78. The third-order valence-corrected chi connectivity index (χ3v) is 4.07. The van der Waals surface area contributed by atoms with Gasteiger partial charge in [0.05, 0.1) is 5.69 Å². The Kier molecular flexibility index (Phi) is 3.69. The highest BCUT2D eigenvalue weighted by Crippen LogP contribution is 2.27. The van der Waals surface area contributed by atoms with Gasteiger partial charge in [0.2, 0.25) is 0 Å². The maximum Gasteiger partial charge on any atom is 0.431 e. The van der Waals surface area contributed by atoms with Gasteiger partial charge in [0, 0.05) is 10.9 Å². The van der Waals surface area contributed by atoms with Gasteiger partial charge < -0.3 is 4.98 Å². The Morgan fingerprint density at radius 3 is 2.43 bits per heavy atom. The highest BCUT2D eigenvalue weighted by molar-refractivity contribution is 7.13. The van der Waals surface area contributed by atoms with Crippen molar-refractivity contribution in [3.63, 3.8) is 0 Å². The summed E-state index contributed by atoms with van der Waals surface area (Å²) in [6, 6.07) is 10.6. The SMILES string of the molecule is O=c1cc(C(F)(F)F)[nH]c(=O)n1-c1cccc(-c2cccs2)c1. The van der Waals surface area contributed by atoms with Gasteiger partial charge in [-0.1, -0.05) is 18.2 Å². The van der Waals surface area contributed by atoms with Gasteiger partial charge >= 0.3 is 11.9 Å². The molecule has 118 valence electrons. The van der Waals surface area contributed by atoms with E-state index in [0.29, 0.717) is 10.6 Å². The van der Waals surface area contributed by atoms with Crippen LogP contribution in [0.4, 0.5) is 13.2 Å². The maximum atomic E-state index is 12.6. The molecule has 0 saturated carbocycles. The fourth-order valence-corrected chi connectivity index (χ4v) is 2.86. The van der Waals surface area contributed by atoms with Crippen molar-refractivity contribution < 1.29 is 13.2 Å². The molecule has 0 aliphatic carbocycles. The molecule has 1 N–H and O–H groups in total. The molecule has 0 unspecified atom stereocenters. The summed E-state index contributed by atoms with van der Waals surface area (Å²) in [7, 11) is 0. The van der Waals surface area contributed by atoms with Gasteiger partial charge in [0.1, 0.15) is 5.69 Å². The smallest absolute Gasteiger partial charge is 0.303 e. The van der Waals surface area contributed by atoms with Gasteiger partial charge in [-0.05, 0) is 29.1 Å². The Labute approximate surface area is 131 Å². The second-order valence-corrected chi connectivity index (χ2v) is 5.63. The van der Waals surface area contributed by atoms with E-state index in [2.05, 4.69) is 0 Å². The van der Waals surface area contributed by atoms with Crippen molar-refractivity contribution >= 4 is 11.3 Å². The molecule has 23 heavy (non-hydrogen) atoms. The third kappa shape index (κ3) is 2.98. The van der Waals surface area contributed by atoms with E-state index in [4.69, 9.17) is 0 Å². The summed E-state index contributed by atoms with van der Waals surface area (Å²) in [5.41, 5.74) is -2.56. The van der Waals surface area contributed by atoms with Crippen molar-refractivity contribution in [2.45, 2.75) is 6.18 Å². The first-order valence-corrected chi connectivity index (χ1v) is 7.32. The van der Waals surface area contributed by atoms with Crippen molar-refractivity contribution in [2.24, 2.45) is 0 Å². The monoisotopic (exact) mass is 338 g/mol. The van der Waals surface area contributed by atoms with Crippen LogP contribution < -0.4 is 11.2 Å². The molecular formula is C15H9F3N2O2S. The van der Waals surface area contributed by atoms with Crippen LogP contribution in [0.2, 0.25) is 0 Å². The molecule has 0 radical (unpaired) electrons. The van der Waals surface area contributed by atoms with Crippen molar-refractivity contribution in [2.75, 3.05) is 0 Å². The molecule has 3 rings (SSSR count). The van der Waals surface area contributed by atoms with Crippen LogP contribution in [-0.2, 0) is 6.18 Å². The molecule has 3 aromatic rings. The Balaban J connectivity index is 2.15. The lowest BCUT2D eigenvalue weighted by molar-refractivity contribution is -0.141. The maximum absolute atomic E-state index is 12.6. The first-order valence-electron chi connectivity index (χ1n) is 6.44. The summed E-state index contributed by atoms with van der Waals surface area (Å²) in [4.78, 5) is 26.5. The number of benzene rings is 1. The Bertz CT molecular complexity index is 925. The molecule has 8 heteroatoms. The number of aromatic amines is 1. The largest absolute Gasteiger partial charge is 0.431 e. The molecule has 0 aliphatic heterocycles. The van der Waals surface area contributed by atoms with Crippen LogP contribution in [0.5, 0.6) is 0 Å². The average Bonchev–Trinajstić information content (AvgIpc) is 3.00. The molecule has 0 spiro atoms. The molecular weight excluding hydrogens is 329 g/mol. The number of alkyl halides is 3. The second kappa shape index (κ2) is 5.54. The van der Waals surface area contributed by atoms with E-state index < -0.39 is 23.1 Å². The van der Waals surface area contributed by atoms with Crippen LogP contribution in [0.1, 0.15) is 5.69 Å². The Hall–Kier alpha value is -2.61. The summed E-state index contributed by atoms with van der Waals surface area (Å²) in [5, 5.41) is 1.87. The fraction of sp³-hybridized carbons (Fsp3) is 0.0667. The highest BCUT2D eigenvalue weighted by atomic mass is 32.1. The molecule has 4 nitrogen and oxygen atoms in total. The number of thiophene rings is 1. The number of nitrogens with zero attached hydrogens (tertiary/aromatic N) is 1. The molecule has 2 heterocycles.